The van der Waals surface area contributed by atoms with E-state index >= 15 is 0 Å². The van der Waals surface area contributed by atoms with Crippen molar-refractivity contribution in [3.05, 3.63) is 54.5 Å². The summed E-state index contributed by atoms with van der Waals surface area (Å²) in [5.74, 6) is 1.52. The molecule has 0 radical (unpaired) electrons. The summed E-state index contributed by atoms with van der Waals surface area (Å²) >= 11 is 0. The number of piperidine rings is 1. The highest BCUT2D eigenvalue weighted by molar-refractivity contribution is 7.88. The Morgan fingerprint density at radius 3 is 2.42 bits per heavy atom. The number of nitrogens with zero attached hydrogens (tertiary/aromatic N) is 3. The molecular formula is C23H32N4O3S. The van der Waals surface area contributed by atoms with Gasteiger partial charge in [0, 0.05) is 49.1 Å². The van der Waals surface area contributed by atoms with Crippen LogP contribution in [0.2, 0.25) is 0 Å². The maximum atomic E-state index is 11.9. The average Bonchev–Trinajstić information content (AvgIpc) is 2.79. The zero-order chi connectivity index (χ0) is 21.7. The largest absolute Gasteiger partial charge is 0.378 e. The molecule has 2 aromatic heterocycles. The van der Waals surface area contributed by atoms with E-state index in [1.165, 1.54) is 11.9 Å². The van der Waals surface area contributed by atoms with Gasteiger partial charge in [0.25, 0.3) is 0 Å². The summed E-state index contributed by atoms with van der Waals surface area (Å²) in [6.45, 7) is 2.05. The third-order valence-corrected chi connectivity index (χ3v) is 7.13. The van der Waals surface area contributed by atoms with E-state index < -0.39 is 10.0 Å². The molecule has 1 aliphatic carbocycles. The van der Waals surface area contributed by atoms with Crippen LogP contribution >= 0.6 is 0 Å². The number of pyridine rings is 2. The van der Waals surface area contributed by atoms with E-state index in [2.05, 4.69) is 31.7 Å². The summed E-state index contributed by atoms with van der Waals surface area (Å²) in [6.07, 6.45) is 10.0. The van der Waals surface area contributed by atoms with E-state index in [1.807, 2.05) is 30.5 Å². The van der Waals surface area contributed by atoms with Crippen molar-refractivity contribution in [2.75, 3.05) is 30.9 Å². The molecule has 31 heavy (non-hydrogen) atoms. The van der Waals surface area contributed by atoms with Gasteiger partial charge < -0.3 is 9.64 Å². The average molecular weight is 445 g/mol. The summed E-state index contributed by atoms with van der Waals surface area (Å²) in [6, 6.07) is 11.9. The van der Waals surface area contributed by atoms with Gasteiger partial charge in [0.1, 0.15) is 5.82 Å². The third kappa shape index (κ3) is 6.24. The highest BCUT2D eigenvalue weighted by atomic mass is 32.2. The smallest absolute Gasteiger partial charge is 0.208 e. The molecule has 0 amide bonds. The Kier molecular flexibility index (Phi) is 7.20. The molecule has 7 nitrogen and oxygen atoms in total. The number of sulfonamides is 1. The fraction of sp³-hybridized carbons (Fsp3) is 0.565. The molecule has 2 fully saturated rings. The molecule has 0 spiro atoms. The molecule has 8 heteroatoms. The molecule has 1 saturated heterocycles. The Bertz CT molecular complexity index is 918. The van der Waals surface area contributed by atoms with E-state index in [0.29, 0.717) is 12.5 Å². The molecule has 3 heterocycles. The van der Waals surface area contributed by atoms with Crippen LogP contribution in [0.4, 0.5) is 5.82 Å². The second-order valence-corrected chi connectivity index (χ2v) is 10.5. The summed E-state index contributed by atoms with van der Waals surface area (Å²) in [7, 11) is -3.27. The lowest BCUT2D eigenvalue weighted by Crippen LogP contribution is -2.52. The van der Waals surface area contributed by atoms with Gasteiger partial charge in [0.2, 0.25) is 10.0 Å². The second kappa shape index (κ2) is 10.1. The van der Waals surface area contributed by atoms with Crippen molar-refractivity contribution in [1.82, 2.24) is 14.7 Å². The van der Waals surface area contributed by atoms with E-state index in [0.717, 1.165) is 51.0 Å². The zero-order valence-electron chi connectivity index (χ0n) is 18.1. The van der Waals surface area contributed by atoms with Crippen molar-refractivity contribution in [2.24, 2.45) is 5.92 Å². The molecule has 0 aromatic carbocycles. The topological polar surface area (TPSA) is 84.4 Å². The van der Waals surface area contributed by atoms with Crippen molar-refractivity contribution >= 4 is 15.8 Å². The van der Waals surface area contributed by atoms with Gasteiger partial charge in [-0.15, -0.1) is 0 Å². The first-order valence-electron chi connectivity index (χ1n) is 11.1. The van der Waals surface area contributed by atoms with Crippen LogP contribution in [0.3, 0.4) is 0 Å². The van der Waals surface area contributed by atoms with Crippen molar-refractivity contribution in [2.45, 2.75) is 50.2 Å². The molecule has 4 rings (SSSR count). The lowest BCUT2D eigenvalue weighted by molar-refractivity contribution is -0.00232. The van der Waals surface area contributed by atoms with Gasteiger partial charge in [-0.2, -0.15) is 0 Å². The van der Waals surface area contributed by atoms with Crippen LogP contribution in [0, 0.1) is 5.92 Å². The number of nitrogens with one attached hydrogen (secondary N) is 1. The Morgan fingerprint density at radius 2 is 1.77 bits per heavy atom. The van der Waals surface area contributed by atoms with Gasteiger partial charge in [-0.1, -0.05) is 12.1 Å². The standard InChI is InChI=1S/C23H32N4O3S/c1-31(28,29)26-22-12-15-27(23-7-3-5-14-25-23)16-19(22)17-30-20-10-8-18(9-11-20)21-6-2-4-13-24-21/h2-7,13-14,18-20,22,26H,8-12,15-17H2,1H3/t18-,19-,20+,22-/m0/s1. The van der Waals surface area contributed by atoms with Crippen LogP contribution in [-0.2, 0) is 14.8 Å². The first kappa shape index (κ1) is 22.2. The first-order chi connectivity index (χ1) is 15.0. The molecule has 0 bridgehead atoms. The van der Waals surface area contributed by atoms with E-state index in [1.54, 1.807) is 6.20 Å². The van der Waals surface area contributed by atoms with Gasteiger partial charge in [0.15, 0.2) is 0 Å². The normalized spacial score (nSPS) is 27.2. The van der Waals surface area contributed by atoms with E-state index in [-0.39, 0.29) is 18.1 Å². The van der Waals surface area contributed by atoms with Crippen LogP contribution in [0.15, 0.2) is 48.8 Å². The number of rotatable bonds is 7. The maximum absolute atomic E-state index is 11.9. The lowest BCUT2D eigenvalue weighted by atomic mass is 9.85. The highest BCUT2D eigenvalue weighted by Gasteiger charge is 2.33. The van der Waals surface area contributed by atoms with Crippen molar-refractivity contribution in [1.29, 1.82) is 0 Å². The number of ether oxygens (including phenoxy) is 1. The van der Waals surface area contributed by atoms with Gasteiger partial charge in [-0.3, -0.25) is 4.98 Å². The fourth-order valence-corrected chi connectivity index (χ4v) is 5.64. The third-order valence-electron chi connectivity index (χ3n) is 6.40. The van der Waals surface area contributed by atoms with Gasteiger partial charge in [-0.25, -0.2) is 18.1 Å². The van der Waals surface area contributed by atoms with E-state index in [9.17, 15) is 8.42 Å². The lowest BCUT2D eigenvalue weighted by Gasteiger charge is -2.40. The van der Waals surface area contributed by atoms with Crippen molar-refractivity contribution < 1.29 is 13.2 Å². The molecule has 1 saturated carbocycles. The van der Waals surface area contributed by atoms with Gasteiger partial charge >= 0.3 is 0 Å². The fourth-order valence-electron chi connectivity index (χ4n) is 4.78. The molecule has 2 atom stereocenters. The minimum absolute atomic E-state index is 0.0824. The van der Waals surface area contributed by atoms with E-state index in [4.69, 9.17) is 4.74 Å². The molecular weight excluding hydrogens is 412 g/mol. The monoisotopic (exact) mass is 444 g/mol. The van der Waals surface area contributed by atoms with Crippen molar-refractivity contribution in [3.8, 4) is 0 Å². The summed E-state index contributed by atoms with van der Waals surface area (Å²) < 4.78 is 32.9. The van der Waals surface area contributed by atoms with Crippen LogP contribution in [-0.4, -0.2) is 56.5 Å². The summed E-state index contributed by atoms with van der Waals surface area (Å²) in [4.78, 5) is 11.2. The number of hydrogen-bond acceptors (Lipinski definition) is 6. The Morgan fingerprint density at radius 1 is 1.03 bits per heavy atom. The first-order valence-corrected chi connectivity index (χ1v) is 13.0. The van der Waals surface area contributed by atoms with Crippen LogP contribution in [0.5, 0.6) is 0 Å². The number of anilines is 1. The van der Waals surface area contributed by atoms with Gasteiger partial charge in [0.05, 0.1) is 19.0 Å². The predicted octanol–water partition coefficient (Wildman–Crippen LogP) is 2.96. The maximum Gasteiger partial charge on any atom is 0.208 e. The predicted molar refractivity (Wildman–Crippen MR) is 122 cm³/mol. The van der Waals surface area contributed by atoms with Crippen LogP contribution < -0.4 is 9.62 Å². The SMILES string of the molecule is CS(=O)(=O)N[C@H]1CCN(c2ccccn2)C[C@H]1CO[C@H]1CC[C@@H](c2ccccn2)CC1. The Labute approximate surface area is 185 Å². The summed E-state index contributed by atoms with van der Waals surface area (Å²) in [5, 5.41) is 0. The molecule has 1 N–H and O–H groups in total. The number of aromatic nitrogens is 2. The molecule has 1 aliphatic heterocycles. The van der Waals surface area contributed by atoms with Crippen molar-refractivity contribution in [3.63, 3.8) is 0 Å². The zero-order valence-corrected chi connectivity index (χ0v) is 18.9. The molecule has 2 aromatic rings. The van der Waals surface area contributed by atoms with Crippen LogP contribution in [0.1, 0.15) is 43.7 Å². The minimum Gasteiger partial charge on any atom is -0.378 e. The van der Waals surface area contributed by atoms with Crippen LogP contribution in [0.25, 0.3) is 0 Å². The Balaban J connectivity index is 1.34. The number of hydrogen-bond donors (Lipinski definition) is 1. The Hall–Kier alpha value is -2.03. The molecule has 2 aliphatic rings. The quantitative estimate of drug-likeness (QED) is 0.707. The molecule has 0 unspecified atom stereocenters. The molecule has 168 valence electrons. The second-order valence-electron chi connectivity index (χ2n) is 8.74. The van der Waals surface area contributed by atoms with Gasteiger partial charge in [-0.05, 0) is 56.4 Å². The highest BCUT2D eigenvalue weighted by Crippen LogP contribution is 2.33. The minimum atomic E-state index is -3.27. The summed E-state index contributed by atoms with van der Waals surface area (Å²) in [5.41, 5.74) is 1.18.